The van der Waals surface area contributed by atoms with E-state index in [2.05, 4.69) is 0 Å². The first-order valence-corrected chi connectivity index (χ1v) is 3.93. The topological polar surface area (TPSA) is 90.7 Å². The molecule has 1 aromatic carbocycles. The summed E-state index contributed by atoms with van der Waals surface area (Å²) in [6.07, 6.45) is 1.15. The van der Waals surface area contributed by atoms with Crippen LogP contribution in [0.15, 0.2) is 30.0 Å². The minimum absolute atomic E-state index is 0.465. The molecule has 5 heteroatoms. The lowest BCUT2D eigenvalue weighted by Gasteiger charge is -1.92. The maximum absolute atomic E-state index is 10.3. The molecule has 1 aromatic rings. The maximum Gasteiger partial charge on any atom is 0.346 e. The zero-order valence-electron chi connectivity index (χ0n) is 7.54. The molecule has 0 aliphatic carbocycles. The van der Waals surface area contributed by atoms with E-state index < -0.39 is 10.6 Å². The molecule has 0 atom stereocenters. The quantitative estimate of drug-likeness (QED) is 0.411. The number of hydrogen-bond donors (Lipinski definition) is 0. The highest BCUT2D eigenvalue weighted by molar-refractivity contribution is 5.55. The number of nitrogens with zero attached hydrogens (tertiary/aromatic N) is 3. The van der Waals surface area contributed by atoms with Crippen molar-refractivity contribution in [2.24, 2.45) is 0 Å². The van der Waals surface area contributed by atoms with Crippen LogP contribution in [0, 0.1) is 32.8 Å². The van der Waals surface area contributed by atoms with E-state index in [1.165, 1.54) is 18.2 Å². The fraction of sp³-hybridized carbons (Fsp3) is 0. The Morgan fingerprint density at radius 2 is 1.93 bits per heavy atom. The predicted molar refractivity (Wildman–Crippen MR) is 51.7 cm³/mol. The van der Waals surface area contributed by atoms with Crippen LogP contribution in [-0.4, -0.2) is 4.92 Å². The zero-order valence-corrected chi connectivity index (χ0v) is 7.54. The summed E-state index contributed by atoms with van der Waals surface area (Å²) in [5.74, 6) is 0. The van der Waals surface area contributed by atoms with Crippen molar-refractivity contribution in [2.75, 3.05) is 0 Å². The van der Waals surface area contributed by atoms with Crippen molar-refractivity contribution >= 4 is 6.08 Å². The van der Waals surface area contributed by atoms with Crippen molar-refractivity contribution < 1.29 is 4.92 Å². The van der Waals surface area contributed by atoms with Gasteiger partial charge in [-0.3, -0.25) is 10.1 Å². The van der Waals surface area contributed by atoms with E-state index >= 15 is 0 Å². The Morgan fingerprint density at radius 1 is 1.33 bits per heavy atom. The first-order valence-electron chi connectivity index (χ1n) is 3.93. The number of allylic oxidation sites excluding steroid dienone is 1. The highest BCUT2D eigenvalue weighted by Gasteiger charge is 2.07. The van der Waals surface area contributed by atoms with Crippen molar-refractivity contribution in [2.45, 2.75) is 0 Å². The Morgan fingerprint density at radius 3 is 2.33 bits per heavy atom. The van der Waals surface area contributed by atoms with Gasteiger partial charge in [0.2, 0.25) is 0 Å². The van der Waals surface area contributed by atoms with Gasteiger partial charge in [-0.05, 0) is 17.7 Å². The van der Waals surface area contributed by atoms with Gasteiger partial charge in [0.25, 0.3) is 0 Å². The Kier molecular flexibility index (Phi) is 3.15. The van der Waals surface area contributed by atoms with Crippen LogP contribution in [0.4, 0.5) is 0 Å². The molecule has 5 nitrogen and oxygen atoms in total. The molecule has 0 fully saturated rings. The second kappa shape index (κ2) is 4.54. The second-order valence-corrected chi connectivity index (χ2v) is 2.63. The Bertz CT molecular complexity index is 489. The normalized spacial score (nSPS) is 10.1. The van der Waals surface area contributed by atoms with Crippen LogP contribution in [0.3, 0.4) is 0 Å². The smallest absolute Gasteiger partial charge is 0.258 e. The molecule has 15 heavy (non-hydrogen) atoms. The van der Waals surface area contributed by atoms with E-state index in [0.29, 0.717) is 11.1 Å². The molecule has 1 rings (SSSR count). The first-order chi connectivity index (χ1) is 7.17. The highest BCUT2D eigenvalue weighted by Crippen LogP contribution is 2.08. The summed E-state index contributed by atoms with van der Waals surface area (Å²) in [4.78, 5) is 9.57. The molecule has 0 amide bonds. The molecule has 0 N–H and O–H groups in total. The van der Waals surface area contributed by atoms with Crippen molar-refractivity contribution in [1.29, 1.82) is 10.5 Å². The van der Waals surface area contributed by atoms with E-state index in [9.17, 15) is 10.1 Å². The number of nitriles is 2. The van der Waals surface area contributed by atoms with E-state index in [1.807, 2.05) is 6.07 Å². The molecular weight excluding hydrogens is 194 g/mol. The third-order valence-corrected chi connectivity index (χ3v) is 1.65. The molecule has 72 valence electrons. The van der Waals surface area contributed by atoms with Crippen LogP contribution >= 0.6 is 0 Å². The third kappa shape index (κ3) is 2.64. The van der Waals surface area contributed by atoms with Crippen molar-refractivity contribution in [3.8, 4) is 12.1 Å². The van der Waals surface area contributed by atoms with E-state index in [0.717, 1.165) is 6.08 Å². The minimum Gasteiger partial charge on any atom is -0.258 e. The number of nitro groups is 1. The van der Waals surface area contributed by atoms with E-state index in [1.54, 1.807) is 12.1 Å². The van der Waals surface area contributed by atoms with Gasteiger partial charge in [-0.25, -0.2) is 0 Å². The molecule has 0 aliphatic heterocycles. The highest BCUT2D eigenvalue weighted by atomic mass is 16.6. The molecule has 0 heterocycles. The molecule has 0 bridgehead atoms. The van der Waals surface area contributed by atoms with Gasteiger partial charge in [-0.1, -0.05) is 12.1 Å². The monoisotopic (exact) mass is 199 g/mol. The Balaban J connectivity index is 3.05. The molecule has 0 unspecified atom stereocenters. The van der Waals surface area contributed by atoms with E-state index in [4.69, 9.17) is 10.5 Å². The summed E-state index contributed by atoms with van der Waals surface area (Å²) < 4.78 is 0. The van der Waals surface area contributed by atoms with Crippen LogP contribution < -0.4 is 0 Å². The summed E-state index contributed by atoms with van der Waals surface area (Å²) in [5.41, 5.74) is 0.453. The lowest BCUT2D eigenvalue weighted by atomic mass is 10.1. The van der Waals surface area contributed by atoms with Crippen LogP contribution in [0.1, 0.15) is 11.1 Å². The van der Waals surface area contributed by atoms with E-state index in [-0.39, 0.29) is 0 Å². The summed E-state index contributed by atoms with van der Waals surface area (Å²) in [6, 6.07) is 9.54. The Hall–Kier alpha value is -2.66. The van der Waals surface area contributed by atoms with Gasteiger partial charge in [-0.2, -0.15) is 10.5 Å². The number of hydrogen-bond acceptors (Lipinski definition) is 4. The summed E-state index contributed by atoms with van der Waals surface area (Å²) >= 11 is 0. The number of rotatable bonds is 2. The fourth-order valence-corrected chi connectivity index (χ4v) is 0.938. The molecule has 0 saturated carbocycles. The van der Waals surface area contributed by atoms with Gasteiger partial charge in [0.1, 0.15) is 0 Å². The Labute approximate surface area is 85.6 Å². The molecule has 0 aromatic heterocycles. The van der Waals surface area contributed by atoms with Gasteiger partial charge >= 0.3 is 5.70 Å². The molecule has 0 spiro atoms. The largest absolute Gasteiger partial charge is 0.346 e. The number of benzene rings is 1. The summed E-state index contributed by atoms with van der Waals surface area (Å²) in [7, 11) is 0. The van der Waals surface area contributed by atoms with Crippen LogP contribution in [0.5, 0.6) is 0 Å². The maximum atomic E-state index is 10.3. The van der Waals surface area contributed by atoms with Crippen molar-refractivity contribution in [3.63, 3.8) is 0 Å². The summed E-state index contributed by atoms with van der Waals surface area (Å²) in [5, 5.41) is 27.3. The molecular formula is C10H5N3O2. The third-order valence-electron chi connectivity index (χ3n) is 1.65. The molecule has 0 saturated heterocycles. The van der Waals surface area contributed by atoms with Gasteiger partial charge in [0, 0.05) is 6.08 Å². The first kappa shape index (κ1) is 10.4. The average Bonchev–Trinajstić information content (AvgIpc) is 2.26. The van der Waals surface area contributed by atoms with Crippen molar-refractivity contribution in [3.05, 3.63) is 51.2 Å². The van der Waals surface area contributed by atoms with Gasteiger partial charge in [0.15, 0.2) is 6.07 Å². The summed E-state index contributed by atoms with van der Waals surface area (Å²) in [6.45, 7) is 0. The van der Waals surface area contributed by atoms with Gasteiger partial charge in [-0.15, -0.1) is 0 Å². The van der Waals surface area contributed by atoms with Crippen LogP contribution in [0.2, 0.25) is 0 Å². The predicted octanol–water partition coefficient (Wildman–Crippen LogP) is 1.70. The SMILES string of the molecule is N#CC(=Cc1ccc(C#N)cc1)[N+](=O)[O-]. The van der Waals surface area contributed by atoms with Gasteiger partial charge < -0.3 is 0 Å². The standard InChI is InChI=1S/C10H5N3O2/c11-6-9-3-1-8(2-4-9)5-10(7-12)13(14)15/h1-5H. The van der Waals surface area contributed by atoms with Gasteiger partial charge in [0.05, 0.1) is 16.6 Å². The fourth-order valence-electron chi connectivity index (χ4n) is 0.938. The lowest BCUT2D eigenvalue weighted by molar-refractivity contribution is -0.415. The average molecular weight is 199 g/mol. The van der Waals surface area contributed by atoms with Crippen LogP contribution in [-0.2, 0) is 0 Å². The van der Waals surface area contributed by atoms with Crippen molar-refractivity contribution in [1.82, 2.24) is 0 Å². The second-order valence-electron chi connectivity index (χ2n) is 2.63. The molecule has 0 aliphatic rings. The molecule has 0 radical (unpaired) electrons. The zero-order chi connectivity index (χ0) is 11.3. The minimum atomic E-state index is -0.752. The lowest BCUT2D eigenvalue weighted by Crippen LogP contribution is -1.94. The van der Waals surface area contributed by atoms with Crippen LogP contribution in [0.25, 0.3) is 6.08 Å².